The number of aromatic nitrogens is 1. The number of halogens is 1. The first-order valence-electron chi connectivity index (χ1n) is 10.3. The highest BCUT2D eigenvalue weighted by Crippen LogP contribution is 2.38. The van der Waals surface area contributed by atoms with E-state index < -0.39 is 26.5 Å². The minimum Gasteiger partial charge on any atom is -0.481 e. The van der Waals surface area contributed by atoms with Gasteiger partial charge in [0.25, 0.3) is 0 Å². The number of hydrogen-bond acceptors (Lipinski definition) is 4. The van der Waals surface area contributed by atoms with E-state index in [0.717, 1.165) is 27.7 Å². The first-order valence-corrected chi connectivity index (χ1v) is 11.7. The van der Waals surface area contributed by atoms with E-state index in [1.807, 2.05) is 30.3 Å². The Morgan fingerprint density at radius 3 is 2.53 bits per heavy atom. The van der Waals surface area contributed by atoms with E-state index in [0.29, 0.717) is 0 Å². The van der Waals surface area contributed by atoms with Crippen molar-refractivity contribution in [1.29, 1.82) is 0 Å². The number of para-hydroxylation sites is 1. The fourth-order valence-electron chi connectivity index (χ4n) is 3.70. The molecule has 0 aliphatic carbocycles. The molecule has 6 nitrogen and oxygen atoms in total. The summed E-state index contributed by atoms with van der Waals surface area (Å²) in [6.07, 6.45) is 1.69. The number of fused-ring (bicyclic) bond motifs is 1. The average Bonchev–Trinajstić information content (AvgIpc) is 3.05. The molecule has 0 amide bonds. The summed E-state index contributed by atoms with van der Waals surface area (Å²) < 4.78 is 32.9. The summed E-state index contributed by atoms with van der Waals surface area (Å²) in [5.41, 5.74) is 3.81. The summed E-state index contributed by atoms with van der Waals surface area (Å²) in [4.78, 5) is 10.6. The van der Waals surface area contributed by atoms with Crippen LogP contribution in [0.3, 0.4) is 0 Å². The maximum atomic E-state index is 13.5. The molecule has 168 valence electrons. The fraction of sp³-hybridized carbons (Fsp3) is 0.292. The summed E-state index contributed by atoms with van der Waals surface area (Å²) in [6.45, 7) is 4.20. The number of nitrogens with zero attached hydrogens (tertiary/aromatic N) is 1. The highest BCUT2D eigenvalue weighted by Gasteiger charge is 2.25. The number of carbonyl (C=O) groups is 1. The quantitative estimate of drug-likeness (QED) is 0.384. The molecule has 2 atom stereocenters. The molecule has 0 spiro atoms. The molecule has 0 saturated carbocycles. The molecule has 0 saturated heterocycles. The van der Waals surface area contributed by atoms with Crippen LogP contribution in [0.2, 0.25) is 0 Å². The van der Waals surface area contributed by atoms with Gasteiger partial charge in [0.15, 0.2) is 0 Å². The maximum absolute atomic E-state index is 13.5. The Bertz CT molecular complexity index is 1140. The largest absolute Gasteiger partial charge is 0.511 e. The van der Waals surface area contributed by atoms with Crippen molar-refractivity contribution in [2.24, 2.45) is 0 Å². The summed E-state index contributed by atoms with van der Waals surface area (Å²) in [5.74, 6) is -1.46. The second-order valence-electron chi connectivity index (χ2n) is 7.71. The number of carboxylic acids is 1. The zero-order valence-corrected chi connectivity index (χ0v) is 18.8. The van der Waals surface area contributed by atoms with Gasteiger partial charge in [0.05, 0.1) is 6.42 Å². The van der Waals surface area contributed by atoms with Crippen LogP contribution in [0.25, 0.3) is 28.1 Å². The monoisotopic (exact) mass is 458 g/mol. The van der Waals surface area contributed by atoms with E-state index in [1.54, 1.807) is 18.2 Å². The molecular formula is C24H26FNO5P+. The summed E-state index contributed by atoms with van der Waals surface area (Å²) in [6, 6.07) is 14.5. The van der Waals surface area contributed by atoms with Gasteiger partial charge < -0.3 is 14.8 Å². The zero-order valence-electron chi connectivity index (χ0n) is 17.9. The number of rotatable bonds is 10. The lowest BCUT2D eigenvalue weighted by atomic mass is 10.0. The average molecular weight is 458 g/mol. The van der Waals surface area contributed by atoms with E-state index >= 15 is 0 Å². The van der Waals surface area contributed by atoms with Crippen LogP contribution < -0.4 is 0 Å². The Kier molecular flexibility index (Phi) is 7.91. The molecule has 3 aromatic rings. The molecule has 8 heteroatoms. The standard InChI is InChI=1S/C24H25FNO5P/c1-16(2)26-21-7-4-3-6-20(21)24(17-9-11-18(25)12-10-17)22(26)8-5-13-31-32(30)15-19(27)14-23(28)29/h3-12,16,19,27H,13-15H2,1-2H3/p+1/b8-5+. The van der Waals surface area contributed by atoms with Crippen molar-refractivity contribution >= 4 is 31.0 Å². The third-order valence-electron chi connectivity index (χ3n) is 4.96. The molecule has 0 radical (unpaired) electrons. The van der Waals surface area contributed by atoms with Crippen molar-refractivity contribution < 1.29 is 28.5 Å². The topological polar surface area (TPSA) is 88.8 Å². The van der Waals surface area contributed by atoms with E-state index in [-0.39, 0.29) is 24.6 Å². The predicted molar refractivity (Wildman–Crippen MR) is 123 cm³/mol. The van der Waals surface area contributed by atoms with Crippen LogP contribution in [-0.2, 0) is 13.9 Å². The van der Waals surface area contributed by atoms with Crippen LogP contribution in [0.1, 0.15) is 32.0 Å². The minimum absolute atomic E-state index is 0.0392. The molecule has 0 fully saturated rings. The molecule has 0 aliphatic heterocycles. The summed E-state index contributed by atoms with van der Waals surface area (Å²) in [7, 11) is -2.19. The second-order valence-corrected chi connectivity index (χ2v) is 9.00. The molecule has 2 N–H and O–H groups in total. The van der Waals surface area contributed by atoms with Gasteiger partial charge in [0.2, 0.25) is 6.16 Å². The fourth-order valence-corrected chi connectivity index (χ4v) is 4.53. The van der Waals surface area contributed by atoms with Crippen LogP contribution in [0, 0.1) is 5.82 Å². The van der Waals surface area contributed by atoms with Gasteiger partial charge in [0, 0.05) is 28.2 Å². The second kappa shape index (κ2) is 10.6. The SMILES string of the molecule is CC(C)n1c(/C=C/CO[P+](=O)CC(O)CC(=O)O)c(-c2ccc(F)cc2)c2ccccc21. The van der Waals surface area contributed by atoms with E-state index in [2.05, 4.69) is 18.4 Å². The van der Waals surface area contributed by atoms with Gasteiger partial charge in [-0.2, -0.15) is 0 Å². The lowest BCUT2D eigenvalue weighted by molar-refractivity contribution is -0.138. The van der Waals surface area contributed by atoms with Crippen LogP contribution >= 0.6 is 8.03 Å². The molecular weight excluding hydrogens is 432 g/mol. The lowest BCUT2D eigenvalue weighted by Gasteiger charge is -2.13. The predicted octanol–water partition coefficient (Wildman–Crippen LogP) is 5.64. The van der Waals surface area contributed by atoms with Gasteiger partial charge in [0.1, 0.15) is 18.5 Å². The van der Waals surface area contributed by atoms with E-state index in [9.17, 15) is 18.9 Å². The normalized spacial score (nSPS) is 13.2. The van der Waals surface area contributed by atoms with Crippen LogP contribution in [0.5, 0.6) is 0 Å². The Morgan fingerprint density at radius 1 is 1.19 bits per heavy atom. The first kappa shape index (κ1) is 23.8. The number of aliphatic hydroxyl groups is 1. The summed E-state index contributed by atoms with van der Waals surface area (Å²) in [5, 5.41) is 19.3. The highest BCUT2D eigenvalue weighted by atomic mass is 31.1. The third-order valence-corrected chi connectivity index (χ3v) is 6.12. The number of benzene rings is 2. The maximum Gasteiger partial charge on any atom is 0.511 e. The molecule has 32 heavy (non-hydrogen) atoms. The third kappa shape index (κ3) is 5.68. The summed E-state index contributed by atoms with van der Waals surface area (Å²) >= 11 is 0. The highest BCUT2D eigenvalue weighted by molar-refractivity contribution is 7.39. The van der Waals surface area contributed by atoms with Gasteiger partial charge in [-0.15, -0.1) is 4.52 Å². The van der Waals surface area contributed by atoms with Crippen molar-refractivity contribution in [2.45, 2.75) is 32.4 Å². The number of hydrogen-bond donors (Lipinski definition) is 2. The van der Waals surface area contributed by atoms with Crippen molar-refractivity contribution in [1.82, 2.24) is 4.57 Å². The van der Waals surface area contributed by atoms with Gasteiger partial charge >= 0.3 is 14.0 Å². The van der Waals surface area contributed by atoms with Gasteiger partial charge in [-0.05, 0) is 48.3 Å². The number of aliphatic carboxylic acids is 1. The molecule has 3 rings (SSSR count). The van der Waals surface area contributed by atoms with E-state index in [1.165, 1.54) is 12.1 Å². The Labute approximate surface area is 186 Å². The first-order chi connectivity index (χ1) is 15.3. The Hall–Kier alpha value is -2.86. The minimum atomic E-state index is -2.19. The Morgan fingerprint density at radius 2 is 1.88 bits per heavy atom. The molecule has 0 bridgehead atoms. The van der Waals surface area contributed by atoms with Crippen molar-refractivity contribution in [3.05, 3.63) is 66.1 Å². The smallest absolute Gasteiger partial charge is 0.481 e. The molecule has 1 aromatic heterocycles. The van der Waals surface area contributed by atoms with Gasteiger partial charge in [-0.1, -0.05) is 36.4 Å². The van der Waals surface area contributed by atoms with Crippen LogP contribution in [0.4, 0.5) is 4.39 Å². The van der Waals surface area contributed by atoms with Gasteiger partial charge in [-0.25, -0.2) is 4.39 Å². The number of carboxylic acid groups (broad SMARTS) is 1. The van der Waals surface area contributed by atoms with Crippen LogP contribution in [-0.4, -0.2) is 39.6 Å². The van der Waals surface area contributed by atoms with E-state index in [4.69, 9.17) is 9.63 Å². The Balaban J connectivity index is 1.89. The van der Waals surface area contributed by atoms with Crippen LogP contribution in [0.15, 0.2) is 54.6 Å². The number of aliphatic hydroxyl groups excluding tert-OH is 1. The molecule has 1 heterocycles. The van der Waals surface area contributed by atoms with Gasteiger partial charge in [-0.3, -0.25) is 4.79 Å². The van der Waals surface area contributed by atoms with Crippen molar-refractivity contribution in [2.75, 3.05) is 12.8 Å². The zero-order chi connectivity index (χ0) is 23.3. The molecule has 0 aliphatic rings. The lowest BCUT2D eigenvalue weighted by Crippen LogP contribution is -2.15. The van der Waals surface area contributed by atoms with Crippen molar-refractivity contribution in [3.63, 3.8) is 0 Å². The van der Waals surface area contributed by atoms with Crippen molar-refractivity contribution in [3.8, 4) is 11.1 Å². The molecule has 2 aromatic carbocycles. The molecule has 2 unspecified atom stereocenters.